The first-order valence-corrected chi connectivity index (χ1v) is 10.6. The molecule has 1 aromatic carbocycles. The lowest BCUT2D eigenvalue weighted by atomic mass is 9.96. The van der Waals surface area contributed by atoms with Crippen LogP contribution >= 0.6 is 0 Å². The van der Waals surface area contributed by atoms with Crippen molar-refractivity contribution in [2.75, 3.05) is 39.9 Å². The van der Waals surface area contributed by atoms with Crippen LogP contribution in [-0.4, -0.2) is 69.9 Å². The fraction of sp³-hybridized carbons (Fsp3) is 0.611. The van der Waals surface area contributed by atoms with E-state index in [1.807, 2.05) is 0 Å². The monoisotopic (exact) mass is 458 g/mol. The lowest BCUT2D eigenvalue weighted by molar-refractivity contribution is -0.140. The second-order valence-electron chi connectivity index (χ2n) is 6.84. The molecule has 0 spiro atoms. The predicted octanol–water partition coefficient (Wildman–Crippen LogP) is 2.85. The average molecular weight is 458 g/mol. The summed E-state index contributed by atoms with van der Waals surface area (Å²) in [5, 5.41) is 0. The number of piperidine rings is 1. The molecule has 0 aromatic heterocycles. The first-order valence-electron chi connectivity index (χ1n) is 9.20. The number of sulfonamides is 1. The molecule has 1 fully saturated rings. The molecule has 1 heterocycles. The van der Waals surface area contributed by atoms with Gasteiger partial charge in [0.15, 0.2) is 0 Å². The Morgan fingerprint density at radius 3 is 2.37 bits per heavy atom. The average Bonchev–Trinajstić information content (AvgIpc) is 2.69. The number of carbonyl (C=O) groups excluding carboxylic acids is 1. The Hall–Kier alpha value is -1.79. The van der Waals surface area contributed by atoms with Gasteiger partial charge in [0, 0.05) is 32.7 Å². The quantitative estimate of drug-likeness (QED) is 0.562. The zero-order chi connectivity index (χ0) is 22.5. The molecule has 30 heavy (non-hydrogen) atoms. The topological polar surface area (TPSA) is 66.9 Å². The Labute approximate surface area is 171 Å². The van der Waals surface area contributed by atoms with Crippen molar-refractivity contribution in [2.45, 2.75) is 30.3 Å². The molecule has 0 aliphatic carbocycles. The van der Waals surface area contributed by atoms with E-state index in [4.69, 9.17) is 4.74 Å². The fourth-order valence-corrected chi connectivity index (χ4v) is 5.01. The second-order valence-corrected chi connectivity index (χ2v) is 8.75. The third-order valence-electron chi connectivity index (χ3n) is 4.85. The van der Waals surface area contributed by atoms with Crippen LogP contribution in [0, 0.1) is 5.92 Å². The van der Waals surface area contributed by atoms with E-state index in [1.54, 1.807) is 0 Å². The first kappa shape index (κ1) is 24.5. The minimum Gasteiger partial charge on any atom is -0.383 e. The van der Waals surface area contributed by atoms with Crippen molar-refractivity contribution in [1.82, 2.24) is 9.21 Å². The Kier molecular flexibility index (Phi) is 8.17. The number of benzene rings is 1. The molecule has 6 nitrogen and oxygen atoms in total. The summed E-state index contributed by atoms with van der Waals surface area (Å²) >= 11 is 0. The molecule has 1 saturated heterocycles. The van der Waals surface area contributed by atoms with E-state index in [0.29, 0.717) is 6.07 Å². The molecule has 0 saturated carbocycles. The Balaban J connectivity index is 2.12. The van der Waals surface area contributed by atoms with Gasteiger partial charge in [-0.3, -0.25) is 4.79 Å². The number of halogens is 5. The van der Waals surface area contributed by atoms with Crippen molar-refractivity contribution < 1.29 is 39.9 Å². The fourth-order valence-electron chi connectivity index (χ4n) is 3.33. The highest BCUT2D eigenvalue weighted by atomic mass is 32.2. The molecule has 1 aromatic rings. The number of hydrogen-bond acceptors (Lipinski definition) is 4. The van der Waals surface area contributed by atoms with Gasteiger partial charge in [0.25, 0.3) is 6.43 Å². The van der Waals surface area contributed by atoms with Gasteiger partial charge >= 0.3 is 6.18 Å². The van der Waals surface area contributed by atoms with Gasteiger partial charge in [0.05, 0.1) is 23.6 Å². The SMILES string of the molecule is COCCN(CC(F)F)C(=O)C1CCN(S(=O)(=O)c2ccccc2C(F)(F)F)CC1. The van der Waals surface area contributed by atoms with Gasteiger partial charge in [-0.1, -0.05) is 12.1 Å². The van der Waals surface area contributed by atoms with Crippen LogP contribution in [0.2, 0.25) is 0 Å². The molecule has 0 atom stereocenters. The summed E-state index contributed by atoms with van der Waals surface area (Å²) in [6, 6.07) is 3.90. The number of amides is 1. The van der Waals surface area contributed by atoms with Gasteiger partial charge in [0.2, 0.25) is 15.9 Å². The van der Waals surface area contributed by atoms with Gasteiger partial charge in [0.1, 0.15) is 0 Å². The molecular formula is C18H23F5N2O4S. The highest BCUT2D eigenvalue weighted by molar-refractivity contribution is 7.89. The van der Waals surface area contributed by atoms with Gasteiger partial charge in [-0.2, -0.15) is 17.5 Å². The molecular weight excluding hydrogens is 435 g/mol. The van der Waals surface area contributed by atoms with Crippen LogP contribution in [0.4, 0.5) is 22.0 Å². The van der Waals surface area contributed by atoms with Crippen LogP contribution in [-0.2, 0) is 25.7 Å². The highest BCUT2D eigenvalue weighted by Gasteiger charge is 2.40. The lowest BCUT2D eigenvalue weighted by Crippen LogP contribution is -2.46. The first-order chi connectivity index (χ1) is 14.0. The molecule has 0 N–H and O–H groups in total. The van der Waals surface area contributed by atoms with Crippen molar-refractivity contribution in [3.63, 3.8) is 0 Å². The summed E-state index contributed by atoms with van der Waals surface area (Å²) in [7, 11) is -3.06. The predicted molar refractivity (Wildman–Crippen MR) is 97.4 cm³/mol. The molecule has 2 rings (SSSR count). The van der Waals surface area contributed by atoms with E-state index in [9.17, 15) is 35.2 Å². The van der Waals surface area contributed by atoms with Gasteiger partial charge in [-0.15, -0.1) is 0 Å². The third kappa shape index (κ3) is 5.88. The van der Waals surface area contributed by atoms with Crippen LogP contribution in [0.15, 0.2) is 29.2 Å². The van der Waals surface area contributed by atoms with E-state index in [0.717, 1.165) is 21.3 Å². The lowest BCUT2D eigenvalue weighted by Gasteiger charge is -2.34. The van der Waals surface area contributed by atoms with E-state index in [2.05, 4.69) is 0 Å². The number of alkyl halides is 5. The third-order valence-corrected chi connectivity index (χ3v) is 6.81. The summed E-state index contributed by atoms with van der Waals surface area (Å²) in [5.41, 5.74) is -1.26. The summed E-state index contributed by atoms with van der Waals surface area (Å²) in [4.78, 5) is 12.7. The number of methoxy groups -OCH3 is 1. The van der Waals surface area contributed by atoms with Gasteiger partial charge < -0.3 is 9.64 Å². The molecule has 0 radical (unpaired) electrons. The zero-order valence-corrected chi connectivity index (χ0v) is 17.1. The van der Waals surface area contributed by atoms with Crippen molar-refractivity contribution >= 4 is 15.9 Å². The molecule has 1 amide bonds. The minimum atomic E-state index is -4.84. The van der Waals surface area contributed by atoms with Crippen molar-refractivity contribution in [2.24, 2.45) is 5.92 Å². The minimum absolute atomic E-state index is 0.0268. The number of hydrogen-bond donors (Lipinski definition) is 0. The number of carbonyl (C=O) groups is 1. The largest absolute Gasteiger partial charge is 0.417 e. The van der Waals surface area contributed by atoms with Crippen LogP contribution in [0.25, 0.3) is 0 Å². The zero-order valence-electron chi connectivity index (χ0n) is 16.2. The molecule has 0 unspecified atom stereocenters. The van der Waals surface area contributed by atoms with Gasteiger partial charge in [-0.25, -0.2) is 17.2 Å². The van der Waals surface area contributed by atoms with E-state index >= 15 is 0 Å². The Morgan fingerprint density at radius 1 is 1.23 bits per heavy atom. The molecule has 0 bridgehead atoms. The number of rotatable bonds is 8. The van der Waals surface area contributed by atoms with Crippen molar-refractivity contribution in [3.8, 4) is 0 Å². The van der Waals surface area contributed by atoms with Crippen molar-refractivity contribution in [3.05, 3.63) is 29.8 Å². The van der Waals surface area contributed by atoms with Crippen LogP contribution < -0.4 is 0 Å². The molecule has 1 aliphatic rings. The normalized spacial score (nSPS) is 16.8. The smallest absolute Gasteiger partial charge is 0.383 e. The van der Waals surface area contributed by atoms with E-state index in [-0.39, 0.29) is 39.1 Å². The summed E-state index contributed by atoms with van der Waals surface area (Å²) in [5.74, 6) is -1.23. The molecule has 1 aliphatic heterocycles. The molecule has 12 heteroatoms. The summed E-state index contributed by atoms with van der Waals surface area (Å²) < 4.78 is 96.4. The maximum atomic E-state index is 13.2. The van der Waals surface area contributed by atoms with Crippen LogP contribution in [0.1, 0.15) is 18.4 Å². The van der Waals surface area contributed by atoms with Crippen LogP contribution in [0.5, 0.6) is 0 Å². The maximum Gasteiger partial charge on any atom is 0.417 e. The number of ether oxygens (including phenoxy) is 1. The maximum absolute atomic E-state index is 13.2. The highest BCUT2D eigenvalue weighted by Crippen LogP contribution is 2.36. The Bertz CT molecular complexity index is 824. The number of nitrogens with zero attached hydrogens (tertiary/aromatic N) is 2. The second kappa shape index (κ2) is 10.0. The Morgan fingerprint density at radius 2 is 1.83 bits per heavy atom. The van der Waals surface area contributed by atoms with E-state index < -0.39 is 51.5 Å². The summed E-state index contributed by atoms with van der Waals surface area (Å²) in [6.45, 7) is -1.09. The van der Waals surface area contributed by atoms with Crippen molar-refractivity contribution in [1.29, 1.82) is 0 Å². The van der Waals surface area contributed by atoms with E-state index in [1.165, 1.54) is 13.2 Å². The van der Waals surface area contributed by atoms with Crippen LogP contribution in [0.3, 0.4) is 0 Å². The molecule has 170 valence electrons. The summed E-state index contributed by atoms with van der Waals surface area (Å²) in [6.07, 6.45) is -7.52. The standard InChI is InChI=1S/C18H23F5N2O4S/c1-29-11-10-24(12-16(19)20)17(26)13-6-8-25(9-7-13)30(27,28)15-5-3-2-4-14(15)18(21,22)23/h2-5,13,16H,6-12H2,1H3. The van der Waals surface area contributed by atoms with Gasteiger partial charge in [-0.05, 0) is 25.0 Å².